The van der Waals surface area contributed by atoms with Crippen molar-refractivity contribution < 1.29 is 14.3 Å². The zero-order chi connectivity index (χ0) is 18.9. The monoisotopic (exact) mass is 372 g/mol. The summed E-state index contributed by atoms with van der Waals surface area (Å²) in [5.41, 5.74) is 6.98. The van der Waals surface area contributed by atoms with Gasteiger partial charge in [-0.15, -0.1) is 11.8 Å². The van der Waals surface area contributed by atoms with Gasteiger partial charge in [0.25, 0.3) is 0 Å². The number of nitrogens with zero attached hydrogens (tertiary/aromatic N) is 1. The van der Waals surface area contributed by atoms with Gasteiger partial charge in [-0.25, -0.2) is 5.43 Å². The highest BCUT2D eigenvalue weighted by atomic mass is 32.2. The topological polar surface area (TPSA) is 59.9 Å². The molecule has 0 aliphatic carbocycles. The van der Waals surface area contributed by atoms with Gasteiger partial charge in [0.05, 0.1) is 26.2 Å². The number of methoxy groups -OCH3 is 2. The highest BCUT2D eigenvalue weighted by Gasteiger charge is 2.07. The first-order valence-corrected chi connectivity index (χ1v) is 9.36. The minimum absolute atomic E-state index is 0.141. The van der Waals surface area contributed by atoms with Crippen molar-refractivity contribution >= 4 is 23.9 Å². The van der Waals surface area contributed by atoms with E-state index in [0.29, 0.717) is 17.3 Å². The Balaban J connectivity index is 1.84. The van der Waals surface area contributed by atoms with E-state index in [-0.39, 0.29) is 5.91 Å². The molecule has 5 nitrogen and oxygen atoms in total. The number of hydrogen-bond acceptors (Lipinski definition) is 5. The van der Waals surface area contributed by atoms with Crippen molar-refractivity contribution in [3.05, 3.63) is 58.7 Å². The van der Waals surface area contributed by atoms with Crippen LogP contribution in [0.5, 0.6) is 11.5 Å². The number of carbonyl (C=O) groups excluding carboxylic acids is 1. The molecule has 0 radical (unpaired) electrons. The van der Waals surface area contributed by atoms with E-state index in [4.69, 9.17) is 9.47 Å². The van der Waals surface area contributed by atoms with Crippen LogP contribution in [-0.4, -0.2) is 32.1 Å². The number of hydrogen-bond donors (Lipinski definition) is 1. The van der Waals surface area contributed by atoms with Crippen molar-refractivity contribution in [2.24, 2.45) is 5.10 Å². The molecule has 0 bridgehead atoms. The predicted molar refractivity (Wildman–Crippen MR) is 107 cm³/mol. The molecule has 0 saturated heterocycles. The fourth-order valence-corrected chi connectivity index (χ4v) is 3.39. The molecule has 0 aliphatic rings. The maximum absolute atomic E-state index is 11.9. The minimum atomic E-state index is -0.141. The zero-order valence-electron chi connectivity index (χ0n) is 15.5. The standard InChI is InChI=1S/C20H24N2O3S/c1-14-8-15(2)10-16(9-14)12-26-13-19(23)22-21-11-17-6-5-7-18(24-3)20(17)25-4/h5-11H,12-13H2,1-4H3,(H,22,23)/b21-11-. The average molecular weight is 372 g/mol. The highest BCUT2D eigenvalue weighted by Crippen LogP contribution is 2.29. The van der Waals surface area contributed by atoms with Crippen LogP contribution in [0.1, 0.15) is 22.3 Å². The zero-order valence-corrected chi connectivity index (χ0v) is 16.4. The van der Waals surface area contributed by atoms with Gasteiger partial charge in [-0.2, -0.15) is 5.10 Å². The number of nitrogens with one attached hydrogen (secondary N) is 1. The smallest absolute Gasteiger partial charge is 0.250 e. The number of amides is 1. The van der Waals surface area contributed by atoms with Crippen molar-refractivity contribution in [2.45, 2.75) is 19.6 Å². The van der Waals surface area contributed by atoms with E-state index in [1.165, 1.54) is 16.7 Å². The fourth-order valence-electron chi connectivity index (χ4n) is 2.63. The van der Waals surface area contributed by atoms with Crippen molar-refractivity contribution in [2.75, 3.05) is 20.0 Å². The van der Waals surface area contributed by atoms with Crippen molar-refractivity contribution in [3.63, 3.8) is 0 Å². The first-order valence-electron chi connectivity index (χ1n) is 8.21. The summed E-state index contributed by atoms with van der Waals surface area (Å²) in [5, 5.41) is 4.01. The summed E-state index contributed by atoms with van der Waals surface area (Å²) in [7, 11) is 3.14. The van der Waals surface area contributed by atoms with E-state index in [2.05, 4.69) is 42.6 Å². The molecule has 0 fully saturated rings. The van der Waals surface area contributed by atoms with Gasteiger partial charge in [-0.1, -0.05) is 35.4 Å². The number of ether oxygens (including phenoxy) is 2. The second-order valence-corrected chi connectivity index (χ2v) is 6.85. The van der Waals surface area contributed by atoms with Gasteiger partial charge in [0, 0.05) is 11.3 Å². The van der Waals surface area contributed by atoms with Crippen LogP contribution in [0.15, 0.2) is 41.5 Å². The van der Waals surface area contributed by atoms with Crippen LogP contribution in [0.25, 0.3) is 0 Å². The lowest BCUT2D eigenvalue weighted by Gasteiger charge is -2.09. The number of carbonyl (C=O) groups is 1. The molecule has 0 spiro atoms. The maximum atomic E-state index is 11.9. The van der Waals surface area contributed by atoms with Gasteiger partial charge in [-0.05, 0) is 31.5 Å². The first kappa shape index (κ1) is 19.8. The van der Waals surface area contributed by atoms with Gasteiger partial charge in [0.15, 0.2) is 11.5 Å². The van der Waals surface area contributed by atoms with Crippen LogP contribution in [0.4, 0.5) is 0 Å². The van der Waals surface area contributed by atoms with Crippen LogP contribution in [0.2, 0.25) is 0 Å². The Morgan fingerprint density at radius 3 is 2.54 bits per heavy atom. The Morgan fingerprint density at radius 1 is 1.15 bits per heavy atom. The molecule has 0 heterocycles. The quantitative estimate of drug-likeness (QED) is 0.567. The lowest BCUT2D eigenvalue weighted by atomic mass is 10.1. The number of rotatable bonds is 8. The SMILES string of the molecule is COc1cccc(/C=N\NC(=O)CSCc2cc(C)cc(C)c2)c1OC. The van der Waals surface area contributed by atoms with Gasteiger partial charge >= 0.3 is 0 Å². The van der Waals surface area contributed by atoms with Crippen LogP contribution < -0.4 is 14.9 Å². The Hall–Kier alpha value is -2.47. The molecule has 0 unspecified atom stereocenters. The summed E-state index contributed by atoms with van der Waals surface area (Å²) in [6, 6.07) is 11.9. The lowest BCUT2D eigenvalue weighted by Crippen LogP contribution is -2.19. The second kappa shape index (κ2) is 9.87. The normalized spacial score (nSPS) is 10.8. The van der Waals surface area contributed by atoms with Crippen molar-refractivity contribution in [3.8, 4) is 11.5 Å². The molecule has 0 atom stereocenters. The summed E-state index contributed by atoms with van der Waals surface area (Å²) in [5.74, 6) is 2.20. The third-order valence-corrected chi connectivity index (χ3v) is 4.61. The lowest BCUT2D eigenvalue weighted by molar-refractivity contribution is -0.118. The van der Waals surface area contributed by atoms with Crippen molar-refractivity contribution in [1.29, 1.82) is 0 Å². The summed E-state index contributed by atoms with van der Waals surface area (Å²) >= 11 is 1.56. The number of aryl methyl sites for hydroxylation is 2. The Labute approximate surface area is 158 Å². The summed E-state index contributed by atoms with van der Waals surface area (Å²) < 4.78 is 10.6. The highest BCUT2D eigenvalue weighted by molar-refractivity contribution is 7.99. The molecular formula is C20H24N2O3S. The minimum Gasteiger partial charge on any atom is -0.493 e. The number of para-hydroxylation sites is 1. The molecule has 2 aromatic carbocycles. The molecule has 6 heteroatoms. The molecule has 2 rings (SSSR count). The Bertz CT molecular complexity index is 770. The largest absolute Gasteiger partial charge is 0.493 e. The average Bonchev–Trinajstić information content (AvgIpc) is 2.60. The number of hydrazone groups is 1. The van der Waals surface area contributed by atoms with Gasteiger partial charge in [-0.3, -0.25) is 4.79 Å². The van der Waals surface area contributed by atoms with Crippen molar-refractivity contribution in [1.82, 2.24) is 5.43 Å². The maximum Gasteiger partial charge on any atom is 0.250 e. The third kappa shape index (κ3) is 5.81. The van der Waals surface area contributed by atoms with E-state index in [0.717, 1.165) is 11.3 Å². The van der Waals surface area contributed by atoms with Gasteiger partial charge in [0.1, 0.15) is 0 Å². The van der Waals surface area contributed by atoms with Crippen LogP contribution in [0, 0.1) is 13.8 Å². The molecule has 1 amide bonds. The van der Waals surface area contributed by atoms with E-state index in [1.54, 1.807) is 38.3 Å². The van der Waals surface area contributed by atoms with Crippen LogP contribution >= 0.6 is 11.8 Å². The van der Waals surface area contributed by atoms with E-state index < -0.39 is 0 Å². The molecule has 0 aromatic heterocycles. The fraction of sp³-hybridized carbons (Fsp3) is 0.300. The van der Waals surface area contributed by atoms with Crippen LogP contribution in [0.3, 0.4) is 0 Å². The Morgan fingerprint density at radius 2 is 1.88 bits per heavy atom. The van der Waals surface area contributed by atoms with E-state index in [9.17, 15) is 4.79 Å². The number of benzene rings is 2. The summed E-state index contributed by atoms with van der Waals surface area (Å²) in [6.45, 7) is 4.16. The third-order valence-electron chi connectivity index (χ3n) is 3.61. The summed E-state index contributed by atoms with van der Waals surface area (Å²) in [4.78, 5) is 11.9. The first-order chi connectivity index (χ1) is 12.5. The molecule has 0 saturated carbocycles. The molecule has 1 N–H and O–H groups in total. The van der Waals surface area contributed by atoms with Gasteiger partial charge in [0.2, 0.25) is 5.91 Å². The van der Waals surface area contributed by atoms with E-state index >= 15 is 0 Å². The molecular weight excluding hydrogens is 348 g/mol. The van der Waals surface area contributed by atoms with Gasteiger partial charge < -0.3 is 9.47 Å². The Kier molecular flexibility index (Phi) is 7.53. The second-order valence-electron chi connectivity index (χ2n) is 5.86. The van der Waals surface area contributed by atoms with Crippen LogP contribution in [-0.2, 0) is 10.5 Å². The van der Waals surface area contributed by atoms with E-state index in [1.807, 2.05) is 12.1 Å². The summed E-state index contributed by atoms with van der Waals surface area (Å²) in [6.07, 6.45) is 1.55. The predicted octanol–water partition coefficient (Wildman–Crippen LogP) is 3.70. The molecule has 0 aliphatic heterocycles. The molecule has 26 heavy (non-hydrogen) atoms. The molecule has 138 valence electrons. The number of thioether (sulfide) groups is 1. The molecule has 2 aromatic rings.